The molecule has 3 saturated carbocycles. The summed E-state index contributed by atoms with van der Waals surface area (Å²) in [5.74, 6) is 0.350. The molecule has 354 valence electrons. The van der Waals surface area contributed by atoms with Crippen molar-refractivity contribution >= 4 is 0 Å². The number of rotatable bonds is 8. The van der Waals surface area contributed by atoms with Crippen LogP contribution in [-0.2, 0) is 37.9 Å². The van der Waals surface area contributed by atoms with Crippen LogP contribution in [0.1, 0.15) is 79.6 Å². The molecular formula is C44H70O18. The summed E-state index contributed by atoms with van der Waals surface area (Å²) < 4.78 is 49.8. The minimum absolute atomic E-state index is 0.00143. The number of fused-ring (bicyclic) bond motifs is 7. The number of hydrogen-bond donors (Lipinski definition) is 10. The highest BCUT2D eigenvalue weighted by molar-refractivity contribution is 5.29. The summed E-state index contributed by atoms with van der Waals surface area (Å²) in [5.41, 5.74) is -1.56. The van der Waals surface area contributed by atoms with Crippen molar-refractivity contribution in [3.8, 4) is 0 Å². The first-order chi connectivity index (χ1) is 29.3. The van der Waals surface area contributed by atoms with Crippen LogP contribution in [-0.4, -0.2) is 187 Å². The third-order valence-electron chi connectivity index (χ3n) is 17.7. The molecule has 9 aliphatic rings. The van der Waals surface area contributed by atoms with Crippen molar-refractivity contribution in [2.45, 2.75) is 189 Å². The van der Waals surface area contributed by atoms with Gasteiger partial charge in [0, 0.05) is 30.1 Å². The standard InChI is InChI=1S/C44H70O18/c1-18-15-56-44(13-26(18)47)19(2)30-27(62-44)12-25-23-7-6-21-10-22(58-39-35(52)33(50)36(28(14-45)59-39)61-40-37(53)43(54,16-46)17-55-40)11-29(42(21,5)24(23)8-9-41(25,30)4)60-38-34(51)32(49)31(48)20(3)57-38/h6,18-20,22-40,45-54H,7-17H2,1-5H3/t18-,19+,20-,22-,23-,24+,25+,26+,27?,28-,29-,30?,31+,32+,33-,34-,35-,36-,37+,38+,39-,40+,41+,42+,43-,44-/m1/s1. The van der Waals surface area contributed by atoms with Crippen molar-refractivity contribution in [1.29, 1.82) is 0 Å². The van der Waals surface area contributed by atoms with Gasteiger partial charge in [0.05, 0.1) is 56.9 Å². The van der Waals surface area contributed by atoms with Crippen LogP contribution in [0.4, 0.5) is 0 Å². The molecule has 5 heterocycles. The predicted molar refractivity (Wildman–Crippen MR) is 211 cm³/mol. The van der Waals surface area contributed by atoms with Gasteiger partial charge < -0.3 is 89.0 Å². The Bertz CT molecular complexity index is 1650. The van der Waals surface area contributed by atoms with Gasteiger partial charge in [0.1, 0.15) is 54.4 Å². The lowest BCUT2D eigenvalue weighted by atomic mass is 9.46. The smallest absolute Gasteiger partial charge is 0.187 e. The maximum Gasteiger partial charge on any atom is 0.187 e. The quantitative estimate of drug-likeness (QED) is 0.128. The first-order valence-electron chi connectivity index (χ1n) is 22.9. The van der Waals surface area contributed by atoms with Gasteiger partial charge in [-0.25, -0.2) is 0 Å². The van der Waals surface area contributed by atoms with Crippen LogP contribution in [0.25, 0.3) is 0 Å². The monoisotopic (exact) mass is 886 g/mol. The first kappa shape index (κ1) is 46.1. The van der Waals surface area contributed by atoms with Crippen molar-refractivity contribution in [1.82, 2.24) is 0 Å². The number of ether oxygens (including phenoxy) is 8. The molecule has 0 aromatic heterocycles. The summed E-state index contributed by atoms with van der Waals surface area (Å²) in [7, 11) is 0. The Kier molecular flexibility index (Phi) is 12.4. The molecule has 5 aliphatic heterocycles. The van der Waals surface area contributed by atoms with Crippen LogP contribution in [0.2, 0.25) is 0 Å². The van der Waals surface area contributed by atoms with Gasteiger partial charge in [-0.3, -0.25) is 0 Å². The summed E-state index contributed by atoms with van der Waals surface area (Å²) in [4.78, 5) is 0. The van der Waals surface area contributed by atoms with Crippen LogP contribution in [0, 0.1) is 46.3 Å². The minimum atomic E-state index is -2.00. The lowest BCUT2D eigenvalue weighted by molar-refractivity contribution is -0.343. The SMILES string of the molecule is C[C@@H]1CO[C@]2(C[C@@H]1O)OC1C[C@H]3[C@@H]4CC=C5C[C@@H](O[C@@H]6O[C@H](CO)[C@@H](O[C@@H]7OC[C@](O)(CO)[C@H]7O)[C@H](O)[C@H]6O)C[C@@H](O[C@@H]6O[C@H](C)[C@H](O)[C@H](O)[C@H]6O)[C@]5(C)[C@H]4CC[C@]3(C)C1[C@@H]2C. The average molecular weight is 887 g/mol. The second-order valence-corrected chi connectivity index (χ2v) is 20.9. The number of aliphatic hydroxyl groups is 10. The fourth-order valence-electron chi connectivity index (χ4n) is 13.8. The van der Waals surface area contributed by atoms with Crippen molar-refractivity contribution in [3.05, 3.63) is 11.6 Å². The zero-order valence-corrected chi connectivity index (χ0v) is 36.3. The lowest BCUT2D eigenvalue weighted by Crippen LogP contribution is -2.63. The maximum atomic E-state index is 11.4. The molecule has 18 heteroatoms. The van der Waals surface area contributed by atoms with Gasteiger partial charge in [-0.1, -0.05) is 39.3 Å². The molecule has 9 rings (SSSR count). The van der Waals surface area contributed by atoms with E-state index in [0.29, 0.717) is 25.4 Å². The Labute approximate surface area is 362 Å². The maximum absolute atomic E-state index is 11.4. The molecule has 0 bridgehead atoms. The largest absolute Gasteiger partial charge is 0.394 e. The van der Waals surface area contributed by atoms with Gasteiger partial charge in [-0.2, -0.15) is 0 Å². The van der Waals surface area contributed by atoms with Gasteiger partial charge >= 0.3 is 0 Å². The number of aliphatic hydroxyl groups excluding tert-OH is 9. The fraction of sp³-hybridized carbons (Fsp3) is 0.955. The summed E-state index contributed by atoms with van der Waals surface area (Å²) in [6.45, 7) is 8.98. The van der Waals surface area contributed by atoms with E-state index in [-0.39, 0.29) is 47.5 Å². The molecule has 10 N–H and O–H groups in total. The van der Waals surface area contributed by atoms with Gasteiger partial charge in [0.25, 0.3) is 0 Å². The van der Waals surface area contributed by atoms with E-state index < -0.39 is 129 Å². The van der Waals surface area contributed by atoms with E-state index in [1.54, 1.807) is 6.92 Å². The summed E-state index contributed by atoms with van der Waals surface area (Å²) in [5, 5.41) is 107. The van der Waals surface area contributed by atoms with Crippen molar-refractivity contribution in [2.75, 3.05) is 26.4 Å². The van der Waals surface area contributed by atoms with E-state index in [9.17, 15) is 51.1 Å². The molecule has 62 heavy (non-hydrogen) atoms. The van der Waals surface area contributed by atoms with Crippen LogP contribution >= 0.6 is 0 Å². The van der Waals surface area contributed by atoms with E-state index in [1.165, 1.54) is 0 Å². The Morgan fingerprint density at radius 3 is 2.24 bits per heavy atom. The normalized spacial score (nSPS) is 58.7. The molecule has 5 saturated heterocycles. The van der Waals surface area contributed by atoms with E-state index >= 15 is 0 Å². The van der Waals surface area contributed by atoms with E-state index in [4.69, 9.17) is 37.9 Å². The summed E-state index contributed by atoms with van der Waals surface area (Å²) in [6.07, 6.45) is -12.1. The topological polar surface area (TPSA) is 276 Å². The highest BCUT2D eigenvalue weighted by Crippen LogP contribution is 2.71. The lowest BCUT2D eigenvalue weighted by Gasteiger charge is -2.61. The molecule has 2 unspecified atom stereocenters. The molecule has 0 radical (unpaired) electrons. The molecule has 0 amide bonds. The number of allylic oxidation sites excluding steroid dienone is 1. The molecular weight excluding hydrogens is 816 g/mol. The molecule has 26 atom stereocenters. The minimum Gasteiger partial charge on any atom is -0.394 e. The zero-order valence-electron chi connectivity index (χ0n) is 36.3. The molecule has 0 aromatic carbocycles. The Morgan fingerprint density at radius 2 is 1.55 bits per heavy atom. The molecule has 1 spiro atoms. The van der Waals surface area contributed by atoms with E-state index in [0.717, 1.165) is 31.3 Å². The summed E-state index contributed by atoms with van der Waals surface area (Å²) in [6, 6.07) is 0. The average Bonchev–Trinajstić information content (AvgIpc) is 3.81. The Morgan fingerprint density at radius 1 is 0.823 bits per heavy atom. The predicted octanol–water partition coefficient (Wildman–Crippen LogP) is -1.20. The Balaban J connectivity index is 0.959. The van der Waals surface area contributed by atoms with Gasteiger partial charge in [0.2, 0.25) is 0 Å². The second-order valence-electron chi connectivity index (χ2n) is 20.9. The first-order valence-corrected chi connectivity index (χ1v) is 22.9. The molecule has 8 fully saturated rings. The third-order valence-corrected chi connectivity index (χ3v) is 17.7. The zero-order chi connectivity index (χ0) is 44.4. The highest BCUT2D eigenvalue weighted by Gasteiger charge is 2.70. The summed E-state index contributed by atoms with van der Waals surface area (Å²) >= 11 is 0. The second kappa shape index (κ2) is 16.7. The Hall–Kier alpha value is -0.980. The van der Waals surface area contributed by atoms with Gasteiger partial charge in [-0.15, -0.1) is 0 Å². The van der Waals surface area contributed by atoms with Crippen LogP contribution in [0.15, 0.2) is 11.6 Å². The molecule has 4 aliphatic carbocycles. The van der Waals surface area contributed by atoms with Crippen molar-refractivity contribution < 1.29 is 89.0 Å². The van der Waals surface area contributed by atoms with Crippen molar-refractivity contribution in [3.63, 3.8) is 0 Å². The van der Waals surface area contributed by atoms with E-state index in [1.807, 2.05) is 6.92 Å². The third kappa shape index (κ3) is 7.12. The van der Waals surface area contributed by atoms with Crippen LogP contribution in [0.3, 0.4) is 0 Å². The highest BCUT2D eigenvalue weighted by atomic mass is 16.7. The van der Waals surface area contributed by atoms with Gasteiger partial charge in [-0.05, 0) is 68.1 Å². The van der Waals surface area contributed by atoms with Crippen LogP contribution in [0.5, 0.6) is 0 Å². The fourth-order valence-corrected chi connectivity index (χ4v) is 13.8. The number of hydrogen-bond acceptors (Lipinski definition) is 18. The molecule has 18 nitrogen and oxygen atoms in total. The van der Waals surface area contributed by atoms with E-state index in [2.05, 4.69) is 26.8 Å². The van der Waals surface area contributed by atoms with Gasteiger partial charge in [0.15, 0.2) is 24.7 Å². The molecule has 0 aromatic rings. The van der Waals surface area contributed by atoms with Crippen LogP contribution < -0.4 is 0 Å². The van der Waals surface area contributed by atoms with Crippen molar-refractivity contribution in [2.24, 2.45) is 46.3 Å².